The van der Waals surface area contributed by atoms with Crippen LogP contribution in [-0.4, -0.2) is 29.6 Å². The van der Waals surface area contributed by atoms with Gasteiger partial charge in [0.05, 0.1) is 5.60 Å². The number of para-hydroxylation sites is 2. The van der Waals surface area contributed by atoms with E-state index in [0.717, 1.165) is 23.9 Å². The predicted octanol–water partition coefficient (Wildman–Crippen LogP) is 2.69. The van der Waals surface area contributed by atoms with Crippen LogP contribution < -0.4 is 5.32 Å². The summed E-state index contributed by atoms with van der Waals surface area (Å²) < 4.78 is 11.3. The number of hydrogen-bond donors (Lipinski definition) is 1. The van der Waals surface area contributed by atoms with Crippen LogP contribution in [0.3, 0.4) is 0 Å². The number of rotatable bonds is 4. The van der Waals surface area contributed by atoms with Gasteiger partial charge in [-0.15, -0.1) is 0 Å². The van der Waals surface area contributed by atoms with Crippen molar-refractivity contribution in [2.45, 2.75) is 38.7 Å². The SMILES string of the molecule is CC1(C)C[C@@H](C(=O)NCCc2nc3ccccc3o2)CCO1. The lowest BCUT2D eigenvalue weighted by molar-refractivity contribution is -0.135. The van der Waals surface area contributed by atoms with Gasteiger partial charge in [-0.3, -0.25) is 4.79 Å². The fourth-order valence-electron chi connectivity index (χ4n) is 2.92. The molecule has 2 heterocycles. The monoisotopic (exact) mass is 302 g/mol. The van der Waals surface area contributed by atoms with E-state index in [-0.39, 0.29) is 17.4 Å². The summed E-state index contributed by atoms with van der Waals surface area (Å²) in [5.74, 6) is 0.800. The molecule has 1 saturated heterocycles. The molecule has 0 unspecified atom stereocenters. The molecule has 1 amide bonds. The van der Waals surface area contributed by atoms with Crippen molar-refractivity contribution in [3.63, 3.8) is 0 Å². The molecule has 1 aromatic heterocycles. The fourth-order valence-corrected chi connectivity index (χ4v) is 2.92. The summed E-state index contributed by atoms with van der Waals surface area (Å²) in [5, 5.41) is 2.99. The Morgan fingerprint density at radius 1 is 1.41 bits per heavy atom. The lowest BCUT2D eigenvalue weighted by Gasteiger charge is -2.34. The molecular weight excluding hydrogens is 280 g/mol. The maximum atomic E-state index is 12.2. The molecule has 1 atom stereocenters. The van der Waals surface area contributed by atoms with Crippen LogP contribution in [-0.2, 0) is 16.0 Å². The number of nitrogens with one attached hydrogen (secondary N) is 1. The van der Waals surface area contributed by atoms with Crippen molar-refractivity contribution in [3.05, 3.63) is 30.2 Å². The minimum absolute atomic E-state index is 0.0346. The number of aromatic nitrogens is 1. The maximum absolute atomic E-state index is 12.2. The van der Waals surface area contributed by atoms with Gasteiger partial charge in [-0.1, -0.05) is 12.1 Å². The van der Waals surface area contributed by atoms with Gasteiger partial charge in [0.25, 0.3) is 0 Å². The first-order valence-corrected chi connectivity index (χ1v) is 7.80. The van der Waals surface area contributed by atoms with Crippen LogP contribution in [0.1, 0.15) is 32.6 Å². The quantitative estimate of drug-likeness (QED) is 0.943. The van der Waals surface area contributed by atoms with Gasteiger partial charge < -0.3 is 14.5 Å². The highest BCUT2D eigenvalue weighted by atomic mass is 16.5. The first-order chi connectivity index (χ1) is 10.5. The minimum Gasteiger partial charge on any atom is -0.441 e. The first kappa shape index (κ1) is 15.0. The van der Waals surface area contributed by atoms with E-state index in [0.29, 0.717) is 25.5 Å². The van der Waals surface area contributed by atoms with E-state index in [2.05, 4.69) is 10.3 Å². The molecule has 3 rings (SSSR count). The number of fused-ring (bicyclic) bond motifs is 1. The Bertz CT molecular complexity index is 630. The minimum atomic E-state index is -0.208. The number of nitrogens with zero attached hydrogens (tertiary/aromatic N) is 1. The van der Waals surface area contributed by atoms with Gasteiger partial charge in [0.1, 0.15) is 5.52 Å². The molecule has 0 aliphatic carbocycles. The van der Waals surface area contributed by atoms with Gasteiger partial charge in [-0.05, 0) is 38.8 Å². The summed E-state index contributed by atoms with van der Waals surface area (Å²) in [4.78, 5) is 16.6. The lowest BCUT2D eigenvalue weighted by Crippen LogP contribution is -2.41. The zero-order valence-electron chi connectivity index (χ0n) is 13.1. The van der Waals surface area contributed by atoms with Crippen molar-refractivity contribution in [1.29, 1.82) is 0 Å². The molecule has 22 heavy (non-hydrogen) atoms. The van der Waals surface area contributed by atoms with Gasteiger partial charge in [-0.25, -0.2) is 4.98 Å². The second kappa shape index (κ2) is 6.08. The molecule has 0 spiro atoms. The standard InChI is InChI=1S/C17H22N2O3/c1-17(2)11-12(8-10-21-17)16(20)18-9-7-15-19-13-5-3-4-6-14(13)22-15/h3-6,12H,7-11H2,1-2H3,(H,18,20)/t12-/m0/s1. The van der Waals surface area contributed by atoms with Crippen LogP contribution in [0.25, 0.3) is 11.1 Å². The number of ether oxygens (including phenoxy) is 1. The smallest absolute Gasteiger partial charge is 0.223 e. The van der Waals surface area contributed by atoms with Crippen molar-refractivity contribution in [2.75, 3.05) is 13.2 Å². The molecule has 0 bridgehead atoms. The van der Waals surface area contributed by atoms with E-state index in [9.17, 15) is 4.79 Å². The Morgan fingerprint density at radius 2 is 2.23 bits per heavy atom. The van der Waals surface area contributed by atoms with Crippen LogP contribution in [0.4, 0.5) is 0 Å². The summed E-state index contributed by atoms with van der Waals surface area (Å²) in [7, 11) is 0. The molecule has 1 aliphatic rings. The average Bonchev–Trinajstić information content (AvgIpc) is 2.88. The molecule has 0 saturated carbocycles. The van der Waals surface area contributed by atoms with Crippen LogP contribution in [0, 0.1) is 5.92 Å². The maximum Gasteiger partial charge on any atom is 0.223 e. The van der Waals surface area contributed by atoms with Crippen LogP contribution in [0.2, 0.25) is 0 Å². The molecule has 2 aromatic rings. The van der Waals surface area contributed by atoms with Crippen molar-refractivity contribution in [1.82, 2.24) is 10.3 Å². The summed E-state index contributed by atoms with van der Waals surface area (Å²) in [6, 6.07) is 7.68. The summed E-state index contributed by atoms with van der Waals surface area (Å²) in [5.41, 5.74) is 1.44. The van der Waals surface area contributed by atoms with Crippen molar-refractivity contribution in [2.24, 2.45) is 5.92 Å². The Kier molecular flexibility index (Phi) is 4.16. The summed E-state index contributed by atoms with van der Waals surface area (Å²) in [6.07, 6.45) is 2.16. The lowest BCUT2D eigenvalue weighted by atomic mass is 9.88. The number of hydrogen-bond acceptors (Lipinski definition) is 4. The Labute approximate surface area is 130 Å². The third-order valence-corrected chi connectivity index (χ3v) is 4.04. The Morgan fingerprint density at radius 3 is 3.00 bits per heavy atom. The fraction of sp³-hybridized carbons (Fsp3) is 0.529. The van der Waals surface area contributed by atoms with Crippen molar-refractivity contribution < 1.29 is 13.9 Å². The van der Waals surface area contributed by atoms with Crippen LogP contribution >= 0.6 is 0 Å². The number of carbonyl (C=O) groups is 1. The third-order valence-electron chi connectivity index (χ3n) is 4.04. The largest absolute Gasteiger partial charge is 0.441 e. The van der Waals surface area contributed by atoms with E-state index in [1.165, 1.54) is 0 Å². The topological polar surface area (TPSA) is 64.4 Å². The average molecular weight is 302 g/mol. The van der Waals surface area contributed by atoms with E-state index in [1.807, 2.05) is 38.1 Å². The highest BCUT2D eigenvalue weighted by Gasteiger charge is 2.32. The van der Waals surface area contributed by atoms with E-state index < -0.39 is 0 Å². The number of benzene rings is 1. The zero-order valence-corrected chi connectivity index (χ0v) is 13.1. The van der Waals surface area contributed by atoms with E-state index in [4.69, 9.17) is 9.15 Å². The Hall–Kier alpha value is -1.88. The van der Waals surface area contributed by atoms with Gasteiger partial charge in [0.2, 0.25) is 5.91 Å². The van der Waals surface area contributed by atoms with Crippen LogP contribution in [0.15, 0.2) is 28.7 Å². The highest BCUT2D eigenvalue weighted by Crippen LogP contribution is 2.28. The van der Waals surface area contributed by atoms with Crippen LogP contribution in [0.5, 0.6) is 0 Å². The van der Waals surface area contributed by atoms with E-state index in [1.54, 1.807) is 0 Å². The number of amides is 1. The molecule has 118 valence electrons. The zero-order chi connectivity index (χ0) is 15.6. The molecular formula is C17H22N2O3. The first-order valence-electron chi connectivity index (χ1n) is 7.80. The summed E-state index contributed by atoms with van der Waals surface area (Å²) >= 11 is 0. The second-order valence-corrected chi connectivity index (χ2v) is 6.41. The number of carbonyl (C=O) groups excluding carboxylic acids is 1. The van der Waals surface area contributed by atoms with E-state index >= 15 is 0 Å². The number of oxazole rings is 1. The molecule has 5 nitrogen and oxygen atoms in total. The molecule has 5 heteroatoms. The normalized spacial score (nSPS) is 20.9. The molecule has 0 radical (unpaired) electrons. The van der Waals surface area contributed by atoms with Gasteiger partial charge >= 0.3 is 0 Å². The third kappa shape index (κ3) is 3.47. The van der Waals surface area contributed by atoms with Crippen molar-refractivity contribution >= 4 is 17.0 Å². The molecule has 1 fully saturated rings. The van der Waals surface area contributed by atoms with Gasteiger partial charge in [0, 0.05) is 25.5 Å². The molecule has 1 aromatic carbocycles. The molecule has 1 aliphatic heterocycles. The predicted molar refractivity (Wildman–Crippen MR) is 83.5 cm³/mol. The van der Waals surface area contributed by atoms with Gasteiger partial charge in [-0.2, -0.15) is 0 Å². The highest BCUT2D eigenvalue weighted by molar-refractivity contribution is 5.78. The Balaban J connectivity index is 1.51. The summed E-state index contributed by atoms with van der Waals surface area (Å²) in [6.45, 7) is 5.26. The second-order valence-electron chi connectivity index (χ2n) is 6.41. The van der Waals surface area contributed by atoms with Gasteiger partial charge in [0.15, 0.2) is 11.5 Å². The molecule has 1 N–H and O–H groups in total. The van der Waals surface area contributed by atoms with Crippen molar-refractivity contribution in [3.8, 4) is 0 Å².